The number of imidazole rings is 1. The Morgan fingerprint density at radius 2 is 2.03 bits per heavy atom. The molecule has 180 valence electrons. The Morgan fingerprint density at radius 1 is 1.26 bits per heavy atom. The Balaban J connectivity index is 1.53. The molecule has 0 aromatic carbocycles. The van der Waals surface area contributed by atoms with E-state index in [0.717, 1.165) is 18.5 Å². The molecule has 0 atom stereocenters. The molecule has 10 heteroatoms. The monoisotopic (exact) mass is 475 g/mol. The van der Waals surface area contributed by atoms with Crippen LogP contribution >= 0.6 is 0 Å². The van der Waals surface area contributed by atoms with Crippen molar-refractivity contribution in [3.8, 4) is 11.6 Å². The maximum absolute atomic E-state index is 15.6. The highest BCUT2D eigenvalue weighted by atomic mass is 19.3. The normalized spacial score (nSPS) is 23.5. The minimum atomic E-state index is -3.13. The summed E-state index contributed by atoms with van der Waals surface area (Å²) in [6.07, 6.45) is 5.57. The van der Waals surface area contributed by atoms with E-state index in [1.807, 2.05) is 0 Å². The Bertz CT molecular complexity index is 1270. The second-order valence-corrected chi connectivity index (χ2v) is 9.53. The first-order valence-electron chi connectivity index (χ1n) is 11.0. The van der Waals surface area contributed by atoms with Gasteiger partial charge < -0.3 is 18.6 Å². The summed E-state index contributed by atoms with van der Waals surface area (Å²) in [7, 11) is 0. The van der Waals surface area contributed by atoms with Crippen molar-refractivity contribution in [3.63, 3.8) is 0 Å². The van der Waals surface area contributed by atoms with Crippen LogP contribution in [0.3, 0.4) is 0 Å². The van der Waals surface area contributed by atoms with Crippen LogP contribution in [0.25, 0.3) is 5.65 Å². The summed E-state index contributed by atoms with van der Waals surface area (Å²) in [5.74, 6) is -1.81. The lowest BCUT2D eigenvalue weighted by atomic mass is 9.62. The van der Waals surface area contributed by atoms with Crippen molar-refractivity contribution in [1.82, 2.24) is 14.4 Å². The van der Waals surface area contributed by atoms with Crippen molar-refractivity contribution in [1.29, 1.82) is 0 Å². The minimum absolute atomic E-state index is 0.0909. The molecule has 3 aromatic heterocycles. The van der Waals surface area contributed by atoms with Gasteiger partial charge in [-0.1, -0.05) is 0 Å². The second-order valence-electron chi connectivity index (χ2n) is 9.53. The molecule has 3 fully saturated rings. The number of pyridine rings is 2. The van der Waals surface area contributed by atoms with Crippen LogP contribution in [-0.2, 0) is 16.6 Å². The fourth-order valence-corrected chi connectivity index (χ4v) is 5.07. The van der Waals surface area contributed by atoms with Crippen LogP contribution in [-0.4, -0.2) is 45.1 Å². The number of ether oxygens (including phenoxy) is 3. The lowest BCUT2D eigenvalue weighted by molar-refractivity contribution is -0.0531. The first kappa shape index (κ1) is 22.6. The zero-order valence-corrected chi connectivity index (χ0v) is 19.0. The number of carbonyl (C=O) groups is 1. The van der Waals surface area contributed by atoms with Gasteiger partial charge in [0.2, 0.25) is 11.7 Å². The Hall–Kier alpha value is -3.14. The predicted octanol–water partition coefficient (Wildman–Crippen LogP) is 4.50. The first-order valence-corrected chi connectivity index (χ1v) is 11.0. The highest BCUT2D eigenvalue weighted by molar-refractivity contribution is 5.99. The van der Waals surface area contributed by atoms with Gasteiger partial charge in [0, 0.05) is 36.0 Å². The summed E-state index contributed by atoms with van der Waals surface area (Å²) < 4.78 is 58.6. The summed E-state index contributed by atoms with van der Waals surface area (Å²) in [4.78, 5) is 21.3. The topological polar surface area (TPSA) is 75.0 Å². The summed E-state index contributed by atoms with van der Waals surface area (Å²) >= 11 is 0. The number of halogens is 3. The van der Waals surface area contributed by atoms with Crippen LogP contribution in [0.4, 0.5) is 13.2 Å². The predicted molar refractivity (Wildman–Crippen MR) is 115 cm³/mol. The summed E-state index contributed by atoms with van der Waals surface area (Å²) in [6.45, 7) is 2.94. The van der Waals surface area contributed by atoms with Crippen molar-refractivity contribution >= 4 is 11.4 Å². The SMILES string of the molecule is CC(C)Oc1c(CC(=O)c2cccnc2OC(F)F)cn2cc(C34COC(C)(C3)C4)nc2c1F. The molecular formula is C24H24F3N3O4. The summed E-state index contributed by atoms with van der Waals surface area (Å²) in [5.41, 5.74) is 0.582. The number of hydrogen-bond donors (Lipinski definition) is 0. The molecule has 1 aliphatic carbocycles. The van der Waals surface area contributed by atoms with E-state index in [4.69, 9.17) is 9.47 Å². The maximum Gasteiger partial charge on any atom is 0.388 e. The summed E-state index contributed by atoms with van der Waals surface area (Å²) in [5, 5.41) is 0. The maximum atomic E-state index is 15.6. The third-order valence-corrected chi connectivity index (χ3v) is 6.36. The van der Waals surface area contributed by atoms with Gasteiger partial charge in [0.15, 0.2) is 17.2 Å². The number of carbonyl (C=O) groups excluding carboxylic acids is 1. The van der Waals surface area contributed by atoms with E-state index in [2.05, 4.69) is 21.6 Å². The molecule has 5 heterocycles. The van der Waals surface area contributed by atoms with Gasteiger partial charge in [-0.15, -0.1) is 0 Å². The van der Waals surface area contributed by atoms with Crippen molar-refractivity contribution in [3.05, 3.63) is 53.4 Å². The van der Waals surface area contributed by atoms with E-state index in [1.165, 1.54) is 18.3 Å². The van der Waals surface area contributed by atoms with Crippen molar-refractivity contribution < 1.29 is 32.2 Å². The molecule has 2 aliphatic heterocycles. The van der Waals surface area contributed by atoms with Crippen LogP contribution in [0, 0.1) is 5.82 Å². The Labute approximate surface area is 193 Å². The lowest BCUT2D eigenvalue weighted by Gasteiger charge is -2.41. The van der Waals surface area contributed by atoms with Gasteiger partial charge in [-0.2, -0.15) is 13.2 Å². The molecule has 0 radical (unpaired) electrons. The molecule has 0 spiro atoms. The molecule has 3 aliphatic rings. The number of fused-ring (bicyclic) bond motifs is 2. The fraction of sp³-hybridized carbons (Fsp3) is 0.458. The first-order chi connectivity index (χ1) is 16.1. The van der Waals surface area contributed by atoms with Crippen molar-refractivity contribution in [2.24, 2.45) is 0 Å². The molecule has 0 unspecified atom stereocenters. The highest BCUT2D eigenvalue weighted by Gasteiger charge is 2.61. The largest absolute Gasteiger partial charge is 0.487 e. The third kappa shape index (κ3) is 3.79. The standard InChI is InChI=1S/C24H24F3N3O4/c1-13(2)33-19-14(7-16(31)15-5-4-6-28-21(15)34-22(26)27)8-30-9-17(29-20(30)18(19)25)24-10-23(3,11-24)32-12-24/h4-6,8-9,13,22H,7,10-12H2,1-3H3. The molecule has 7 nitrogen and oxygen atoms in total. The lowest BCUT2D eigenvalue weighted by Crippen LogP contribution is -2.45. The number of nitrogens with zero attached hydrogens (tertiary/aromatic N) is 3. The minimum Gasteiger partial charge on any atom is -0.487 e. The quantitative estimate of drug-likeness (QED) is 0.447. The van der Waals surface area contributed by atoms with E-state index in [0.29, 0.717) is 6.61 Å². The number of ketones is 1. The van der Waals surface area contributed by atoms with Gasteiger partial charge in [0.1, 0.15) is 0 Å². The molecule has 3 aromatic rings. The second kappa shape index (κ2) is 7.97. The highest BCUT2D eigenvalue weighted by Crippen LogP contribution is 2.58. The molecule has 0 N–H and O–H groups in total. The molecular weight excluding hydrogens is 451 g/mol. The zero-order valence-electron chi connectivity index (χ0n) is 19.0. The fourth-order valence-electron chi connectivity index (χ4n) is 5.07. The summed E-state index contributed by atoms with van der Waals surface area (Å²) in [6, 6.07) is 2.78. The van der Waals surface area contributed by atoms with Gasteiger partial charge in [-0.05, 0) is 45.7 Å². The number of Topliss-reactive ketones (excluding diaryl/α,β-unsaturated/α-hetero) is 1. The number of alkyl halides is 2. The van der Waals surface area contributed by atoms with Crippen molar-refractivity contribution in [2.75, 3.05) is 6.61 Å². The molecule has 6 rings (SSSR count). The van der Waals surface area contributed by atoms with Gasteiger partial charge in [-0.25, -0.2) is 9.97 Å². The van der Waals surface area contributed by atoms with E-state index in [-0.39, 0.29) is 46.1 Å². The van der Waals surface area contributed by atoms with E-state index in [9.17, 15) is 13.6 Å². The number of hydrogen-bond acceptors (Lipinski definition) is 6. The molecule has 0 amide bonds. The van der Waals surface area contributed by atoms with E-state index < -0.39 is 24.1 Å². The van der Waals surface area contributed by atoms with Crippen LogP contribution < -0.4 is 9.47 Å². The van der Waals surface area contributed by atoms with Crippen LogP contribution in [0.2, 0.25) is 0 Å². The van der Waals surface area contributed by atoms with Gasteiger partial charge >= 0.3 is 6.61 Å². The molecule has 2 bridgehead atoms. The van der Waals surface area contributed by atoms with Gasteiger partial charge in [0.25, 0.3) is 0 Å². The average molecular weight is 475 g/mol. The van der Waals surface area contributed by atoms with E-state index in [1.54, 1.807) is 30.6 Å². The third-order valence-electron chi connectivity index (χ3n) is 6.36. The van der Waals surface area contributed by atoms with Gasteiger partial charge in [0.05, 0.1) is 29.6 Å². The molecule has 1 saturated carbocycles. The zero-order chi connectivity index (χ0) is 24.3. The smallest absolute Gasteiger partial charge is 0.388 e. The number of rotatable bonds is 8. The van der Waals surface area contributed by atoms with Crippen LogP contribution in [0.15, 0.2) is 30.7 Å². The van der Waals surface area contributed by atoms with Crippen molar-refractivity contribution in [2.45, 2.75) is 63.8 Å². The van der Waals surface area contributed by atoms with Crippen LogP contribution in [0.1, 0.15) is 55.2 Å². The molecule has 34 heavy (non-hydrogen) atoms. The molecule has 2 saturated heterocycles. The van der Waals surface area contributed by atoms with Crippen LogP contribution in [0.5, 0.6) is 11.6 Å². The van der Waals surface area contributed by atoms with Gasteiger partial charge in [-0.3, -0.25) is 4.79 Å². The van der Waals surface area contributed by atoms with E-state index >= 15 is 4.39 Å². The Kier molecular flexibility index (Phi) is 5.31. The average Bonchev–Trinajstić information content (AvgIpc) is 3.41. The Morgan fingerprint density at radius 3 is 2.68 bits per heavy atom. The number of aromatic nitrogens is 3.